The van der Waals surface area contributed by atoms with Crippen LogP contribution >= 0.6 is 0 Å². The Morgan fingerprint density at radius 2 is 1.88 bits per heavy atom. The number of halogens is 3. The summed E-state index contributed by atoms with van der Waals surface area (Å²) in [7, 11) is 0. The summed E-state index contributed by atoms with van der Waals surface area (Å²) in [5.41, 5.74) is -0.269. The van der Waals surface area contributed by atoms with Crippen LogP contribution in [0.1, 0.15) is 11.3 Å². The summed E-state index contributed by atoms with van der Waals surface area (Å²) in [6.07, 6.45) is -0.357. The first kappa shape index (κ1) is 16.6. The number of ether oxygens (including phenoxy) is 2. The average Bonchev–Trinajstić information content (AvgIpc) is 2.84. The lowest BCUT2D eigenvalue weighted by atomic mass is 10.2. The zero-order valence-electron chi connectivity index (χ0n) is 12.8. The van der Waals surface area contributed by atoms with E-state index in [2.05, 4.69) is 9.72 Å². The fourth-order valence-electron chi connectivity index (χ4n) is 2.31. The van der Waals surface area contributed by atoms with Gasteiger partial charge in [-0.15, -0.1) is 0 Å². The summed E-state index contributed by atoms with van der Waals surface area (Å²) in [6, 6.07) is 4.30. The van der Waals surface area contributed by atoms with Gasteiger partial charge in [0.25, 0.3) is 0 Å². The van der Waals surface area contributed by atoms with Crippen LogP contribution in [-0.4, -0.2) is 20.6 Å². The highest BCUT2D eigenvalue weighted by Crippen LogP contribution is 2.30. The van der Waals surface area contributed by atoms with Crippen molar-refractivity contribution >= 4 is 11.8 Å². The van der Waals surface area contributed by atoms with E-state index in [9.17, 15) is 18.0 Å². The Hall–Kier alpha value is -3.23. The van der Waals surface area contributed by atoms with Gasteiger partial charge >= 0.3 is 6.16 Å². The summed E-state index contributed by atoms with van der Waals surface area (Å²) in [5, 5.41) is 8.75. The minimum Gasteiger partial charge on any atom is -0.482 e. The van der Waals surface area contributed by atoms with E-state index in [0.717, 1.165) is 18.2 Å². The molecule has 2 aromatic heterocycles. The predicted octanol–water partition coefficient (Wildman–Crippen LogP) is 3.70. The second-order valence-electron chi connectivity index (χ2n) is 5.05. The van der Waals surface area contributed by atoms with E-state index in [4.69, 9.17) is 9.84 Å². The van der Waals surface area contributed by atoms with Gasteiger partial charge < -0.3 is 14.6 Å². The Bertz CT molecular complexity index is 951. The van der Waals surface area contributed by atoms with Crippen molar-refractivity contribution in [2.24, 2.45) is 0 Å². The number of aromatic nitrogens is 2. The third-order valence-corrected chi connectivity index (χ3v) is 3.43. The molecule has 0 aliphatic heterocycles. The van der Waals surface area contributed by atoms with Crippen LogP contribution in [0.3, 0.4) is 0 Å². The van der Waals surface area contributed by atoms with Crippen LogP contribution < -0.4 is 9.47 Å². The summed E-state index contributed by atoms with van der Waals surface area (Å²) in [4.78, 5) is 14.8. The maximum Gasteiger partial charge on any atom is 0.512 e. The molecule has 3 aromatic rings. The van der Waals surface area contributed by atoms with E-state index in [1.54, 1.807) is 0 Å². The zero-order chi connectivity index (χ0) is 18.1. The van der Waals surface area contributed by atoms with Crippen molar-refractivity contribution in [3.05, 3.63) is 59.2 Å². The van der Waals surface area contributed by atoms with E-state index < -0.39 is 30.2 Å². The van der Waals surface area contributed by atoms with Gasteiger partial charge in [0.2, 0.25) is 5.88 Å². The quantitative estimate of drug-likeness (QED) is 0.725. The molecule has 9 heteroatoms. The van der Waals surface area contributed by atoms with Crippen molar-refractivity contribution < 1.29 is 32.5 Å². The Morgan fingerprint density at radius 3 is 2.52 bits per heavy atom. The van der Waals surface area contributed by atoms with E-state index in [1.165, 1.54) is 23.6 Å². The van der Waals surface area contributed by atoms with Crippen molar-refractivity contribution in [2.45, 2.75) is 13.5 Å². The molecule has 2 heterocycles. The summed E-state index contributed by atoms with van der Waals surface area (Å²) in [5.74, 6) is -3.00. The van der Waals surface area contributed by atoms with Crippen molar-refractivity contribution in [3.63, 3.8) is 0 Å². The molecule has 0 spiro atoms. The lowest BCUT2D eigenvalue weighted by Crippen LogP contribution is -2.07. The fourth-order valence-corrected chi connectivity index (χ4v) is 2.31. The minimum atomic E-state index is -1.56. The van der Waals surface area contributed by atoms with Crippen LogP contribution in [0.2, 0.25) is 0 Å². The number of fused-ring (bicyclic) bond motifs is 1. The first-order valence-corrected chi connectivity index (χ1v) is 7.02. The molecule has 1 aromatic carbocycles. The molecule has 0 aliphatic carbocycles. The van der Waals surface area contributed by atoms with E-state index in [0.29, 0.717) is 0 Å². The highest BCUT2D eigenvalue weighted by atomic mass is 19.1. The van der Waals surface area contributed by atoms with Gasteiger partial charge in [0.1, 0.15) is 23.9 Å². The number of carboxylic acid groups (broad SMARTS) is 1. The first-order chi connectivity index (χ1) is 11.9. The van der Waals surface area contributed by atoms with E-state index in [-0.39, 0.29) is 28.5 Å². The molecule has 0 atom stereocenters. The second-order valence-corrected chi connectivity index (χ2v) is 5.05. The van der Waals surface area contributed by atoms with Crippen LogP contribution in [0, 0.1) is 24.4 Å². The number of pyridine rings is 1. The summed E-state index contributed by atoms with van der Waals surface area (Å²) < 4.78 is 52.4. The molecule has 1 N–H and O–H groups in total. The summed E-state index contributed by atoms with van der Waals surface area (Å²) in [6.45, 7) is 0.889. The van der Waals surface area contributed by atoms with Gasteiger partial charge in [-0.2, -0.15) is 0 Å². The molecule has 0 unspecified atom stereocenters. The number of rotatable bonds is 4. The molecule has 130 valence electrons. The monoisotopic (exact) mass is 352 g/mol. The van der Waals surface area contributed by atoms with Crippen LogP contribution in [-0.2, 0) is 6.61 Å². The Labute approximate surface area is 139 Å². The lowest BCUT2D eigenvalue weighted by Gasteiger charge is -2.10. The Kier molecular flexibility index (Phi) is 4.22. The van der Waals surface area contributed by atoms with E-state index >= 15 is 0 Å². The molecule has 0 amide bonds. The largest absolute Gasteiger partial charge is 0.512 e. The molecule has 0 saturated carbocycles. The van der Waals surface area contributed by atoms with Crippen molar-refractivity contribution in [1.82, 2.24) is 9.38 Å². The molecular formula is C16H11F3N2O4. The zero-order valence-corrected chi connectivity index (χ0v) is 12.8. The molecular weight excluding hydrogens is 341 g/mol. The molecule has 0 radical (unpaired) electrons. The number of imidazole rings is 1. The lowest BCUT2D eigenvalue weighted by molar-refractivity contribution is 0.141. The Balaban J connectivity index is 2.01. The number of hydrogen-bond donors (Lipinski definition) is 1. The van der Waals surface area contributed by atoms with Gasteiger partial charge in [-0.3, -0.25) is 4.40 Å². The van der Waals surface area contributed by atoms with Crippen LogP contribution in [0.5, 0.6) is 11.6 Å². The highest BCUT2D eigenvalue weighted by Gasteiger charge is 2.20. The molecule has 0 saturated heterocycles. The van der Waals surface area contributed by atoms with Gasteiger partial charge in [0, 0.05) is 6.20 Å². The minimum absolute atomic E-state index is 0.0782. The molecule has 6 nitrogen and oxygen atoms in total. The topological polar surface area (TPSA) is 73.1 Å². The number of nitrogens with zero attached hydrogens (tertiary/aromatic N) is 2. The molecule has 0 aliphatic rings. The fraction of sp³-hybridized carbons (Fsp3) is 0.125. The average molecular weight is 352 g/mol. The van der Waals surface area contributed by atoms with Crippen molar-refractivity contribution in [1.29, 1.82) is 0 Å². The van der Waals surface area contributed by atoms with Gasteiger partial charge in [-0.25, -0.2) is 22.9 Å². The SMILES string of the molecule is Cc1nc2c(OCc3c(F)cccc3F)c(F)ccn2c1OC(=O)O. The second kappa shape index (κ2) is 6.34. The van der Waals surface area contributed by atoms with Crippen LogP contribution in [0.15, 0.2) is 30.5 Å². The normalized spacial score (nSPS) is 10.9. The number of benzene rings is 1. The summed E-state index contributed by atoms with van der Waals surface area (Å²) >= 11 is 0. The van der Waals surface area contributed by atoms with Crippen LogP contribution in [0.25, 0.3) is 5.65 Å². The van der Waals surface area contributed by atoms with Gasteiger partial charge in [0.15, 0.2) is 17.2 Å². The van der Waals surface area contributed by atoms with Gasteiger partial charge in [0.05, 0.1) is 5.56 Å². The van der Waals surface area contributed by atoms with Gasteiger partial charge in [-0.1, -0.05) is 6.07 Å². The standard InChI is InChI=1S/C16H11F3N2O4/c1-8-15(25-16(22)23)21-6-5-12(19)13(14(21)20-8)24-7-9-10(17)3-2-4-11(9)18/h2-6H,7H2,1H3,(H,22,23). The van der Waals surface area contributed by atoms with Crippen molar-refractivity contribution in [2.75, 3.05) is 0 Å². The maximum atomic E-state index is 14.1. The third kappa shape index (κ3) is 3.08. The maximum absolute atomic E-state index is 14.1. The van der Waals surface area contributed by atoms with Crippen molar-refractivity contribution in [3.8, 4) is 11.6 Å². The molecule has 0 bridgehead atoms. The number of carbonyl (C=O) groups is 1. The Morgan fingerprint density at radius 1 is 1.20 bits per heavy atom. The highest BCUT2D eigenvalue weighted by molar-refractivity contribution is 5.64. The number of aryl methyl sites for hydroxylation is 1. The molecule has 25 heavy (non-hydrogen) atoms. The predicted molar refractivity (Wildman–Crippen MR) is 79.2 cm³/mol. The first-order valence-electron chi connectivity index (χ1n) is 7.02. The molecule has 3 rings (SSSR count). The van der Waals surface area contributed by atoms with E-state index in [1.807, 2.05) is 0 Å². The number of hydrogen-bond acceptors (Lipinski definition) is 4. The molecule has 0 fully saturated rings. The third-order valence-electron chi connectivity index (χ3n) is 3.43. The van der Waals surface area contributed by atoms with Crippen LogP contribution in [0.4, 0.5) is 18.0 Å². The smallest absolute Gasteiger partial charge is 0.482 e. The van der Waals surface area contributed by atoms with Gasteiger partial charge in [-0.05, 0) is 25.1 Å².